The van der Waals surface area contributed by atoms with Crippen LogP contribution in [0.4, 0.5) is 0 Å². The number of aryl methyl sites for hydroxylation is 2. The monoisotopic (exact) mass is 573 g/mol. The summed E-state index contributed by atoms with van der Waals surface area (Å²) in [5.41, 5.74) is 2.44. The van der Waals surface area contributed by atoms with E-state index in [0.29, 0.717) is 31.1 Å². The third-order valence-corrected chi connectivity index (χ3v) is 9.01. The van der Waals surface area contributed by atoms with Crippen LogP contribution in [-0.2, 0) is 42.9 Å². The van der Waals surface area contributed by atoms with Gasteiger partial charge in [0.15, 0.2) is 5.85 Å². The number of aromatic nitrogens is 1. The zero-order valence-corrected chi connectivity index (χ0v) is 24.8. The number of hydrogen-bond acceptors (Lipinski definition) is 10. The largest absolute Gasteiger partial charge is 0.491 e. The Hall–Kier alpha value is -1.61. The lowest BCUT2D eigenvalue weighted by molar-refractivity contribution is 0.0887. The first kappa shape index (κ1) is 32.6. The molecule has 10 nitrogen and oxygen atoms in total. The van der Waals surface area contributed by atoms with E-state index in [1.54, 1.807) is 52.0 Å². The van der Waals surface area contributed by atoms with Crippen molar-refractivity contribution in [1.29, 1.82) is 0 Å². The van der Waals surface area contributed by atoms with Crippen LogP contribution in [0.3, 0.4) is 0 Å². The Morgan fingerprint density at radius 3 is 2.11 bits per heavy atom. The van der Waals surface area contributed by atoms with Crippen LogP contribution in [0.2, 0.25) is 0 Å². The van der Waals surface area contributed by atoms with Crippen molar-refractivity contribution in [3.05, 3.63) is 59.4 Å². The topological polar surface area (TPSA) is 112 Å². The van der Waals surface area contributed by atoms with E-state index in [0.717, 1.165) is 24.2 Å². The van der Waals surface area contributed by atoms with Crippen LogP contribution in [-0.4, -0.2) is 51.2 Å². The van der Waals surface area contributed by atoms with Gasteiger partial charge in [-0.15, -0.1) is 0 Å². The Morgan fingerprint density at radius 1 is 0.816 bits per heavy atom. The van der Waals surface area contributed by atoms with Gasteiger partial charge in [-0.2, -0.15) is 0 Å². The maximum absolute atomic E-state index is 13.7. The molecule has 12 heteroatoms. The number of nitrogens with zero attached hydrogens (tertiary/aromatic N) is 1. The van der Waals surface area contributed by atoms with E-state index in [4.69, 9.17) is 32.1 Å². The van der Waals surface area contributed by atoms with E-state index in [1.165, 1.54) is 0 Å². The molecule has 38 heavy (non-hydrogen) atoms. The van der Waals surface area contributed by atoms with Gasteiger partial charge in [-0.25, -0.2) is 4.57 Å². The van der Waals surface area contributed by atoms with Crippen molar-refractivity contribution in [2.45, 2.75) is 53.3 Å². The second-order valence-electron chi connectivity index (χ2n) is 8.02. The molecule has 0 N–H and O–H groups in total. The molecule has 0 radical (unpaired) electrons. The highest BCUT2D eigenvalue weighted by Gasteiger charge is 2.44. The van der Waals surface area contributed by atoms with E-state index in [9.17, 15) is 9.13 Å². The van der Waals surface area contributed by atoms with Gasteiger partial charge in [0.25, 0.3) is 0 Å². The number of benzene rings is 1. The Morgan fingerprint density at radius 2 is 1.47 bits per heavy atom. The van der Waals surface area contributed by atoms with Gasteiger partial charge in [-0.3, -0.25) is 23.1 Å². The second-order valence-corrected chi connectivity index (χ2v) is 11.7. The van der Waals surface area contributed by atoms with E-state index in [1.807, 2.05) is 25.1 Å². The van der Waals surface area contributed by atoms with Gasteiger partial charge in [-0.1, -0.05) is 18.2 Å². The minimum atomic E-state index is -4.06. The summed E-state index contributed by atoms with van der Waals surface area (Å²) in [4.78, 5) is 4.49. The van der Waals surface area contributed by atoms with Crippen molar-refractivity contribution in [2.24, 2.45) is 0 Å². The molecule has 1 aromatic carbocycles. The number of phosphoric ester groups is 1. The van der Waals surface area contributed by atoms with Crippen LogP contribution < -0.4 is 4.74 Å². The summed E-state index contributed by atoms with van der Waals surface area (Å²) in [6.45, 7) is 10.3. The molecule has 0 saturated heterocycles. The van der Waals surface area contributed by atoms with Crippen molar-refractivity contribution in [2.75, 3.05) is 46.2 Å². The summed E-state index contributed by atoms with van der Waals surface area (Å²) in [6, 6.07) is 12.8. The van der Waals surface area contributed by atoms with Gasteiger partial charge in [0.1, 0.15) is 12.4 Å². The van der Waals surface area contributed by atoms with E-state index in [-0.39, 0.29) is 26.4 Å². The lowest BCUT2D eigenvalue weighted by Crippen LogP contribution is -2.12. The molecule has 0 aliphatic rings. The smallest absolute Gasteiger partial charge is 0.475 e. The van der Waals surface area contributed by atoms with Gasteiger partial charge in [-0.05, 0) is 77.3 Å². The average Bonchev–Trinajstić information content (AvgIpc) is 2.87. The maximum Gasteiger partial charge on any atom is 0.475 e. The van der Waals surface area contributed by atoms with Crippen molar-refractivity contribution in [3.8, 4) is 5.75 Å². The Labute approximate surface area is 226 Å². The number of hydrogen-bond donors (Lipinski definition) is 0. The first-order chi connectivity index (χ1) is 18.3. The SMILES string of the molecule is CCOP(=O)(OCC)OC(c1cccc(OCCOCCCc2cccc(C)n2)c1)P(=O)(OCC)OCC. The molecular weight excluding hydrogens is 532 g/mol. The summed E-state index contributed by atoms with van der Waals surface area (Å²) >= 11 is 0. The number of rotatable bonds is 20. The zero-order chi connectivity index (χ0) is 27.9. The average molecular weight is 574 g/mol. The molecule has 1 atom stereocenters. The Bertz CT molecular complexity index is 1030. The number of phosphoric acid groups is 1. The van der Waals surface area contributed by atoms with Crippen LogP contribution in [0.15, 0.2) is 42.5 Å². The highest BCUT2D eigenvalue weighted by molar-refractivity contribution is 7.55. The van der Waals surface area contributed by atoms with E-state index < -0.39 is 21.3 Å². The van der Waals surface area contributed by atoms with Crippen molar-refractivity contribution in [1.82, 2.24) is 4.98 Å². The van der Waals surface area contributed by atoms with Gasteiger partial charge < -0.3 is 18.5 Å². The third kappa shape index (κ3) is 10.9. The highest BCUT2D eigenvalue weighted by Crippen LogP contribution is 2.67. The highest BCUT2D eigenvalue weighted by atomic mass is 31.2. The molecule has 0 bridgehead atoms. The molecule has 214 valence electrons. The fourth-order valence-corrected chi connectivity index (χ4v) is 7.14. The first-order valence-electron chi connectivity index (χ1n) is 13.0. The predicted octanol–water partition coefficient (Wildman–Crippen LogP) is 6.88. The maximum atomic E-state index is 13.7. The van der Waals surface area contributed by atoms with Crippen LogP contribution >= 0.6 is 15.4 Å². The first-order valence-corrected chi connectivity index (χ1v) is 16.1. The van der Waals surface area contributed by atoms with E-state index >= 15 is 0 Å². The van der Waals surface area contributed by atoms with Crippen LogP contribution in [0.5, 0.6) is 5.75 Å². The molecule has 1 unspecified atom stereocenters. The number of ether oxygens (including phenoxy) is 2. The minimum Gasteiger partial charge on any atom is -0.491 e. The minimum absolute atomic E-state index is 0.0716. The third-order valence-electron chi connectivity index (χ3n) is 5.02. The molecule has 0 aliphatic heterocycles. The van der Waals surface area contributed by atoms with Crippen molar-refractivity contribution >= 4 is 15.4 Å². The van der Waals surface area contributed by atoms with Crippen LogP contribution in [0, 0.1) is 6.92 Å². The second kappa shape index (κ2) is 17.2. The normalized spacial score (nSPS) is 13.0. The van der Waals surface area contributed by atoms with Crippen LogP contribution in [0.25, 0.3) is 0 Å². The lowest BCUT2D eigenvalue weighted by Gasteiger charge is -2.29. The molecule has 1 heterocycles. The summed E-state index contributed by atoms with van der Waals surface area (Å²) < 4.78 is 65.8. The standard InChI is InChI=1S/C26H41NO9P2/c1-6-32-37(28,33-7-2)26(36-38(29,34-8-3)35-9-4)23-14-11-17-25(21-23)31-20-19-30-18-12-16-24-15-10-13-22(5)27-24/h10-11,13-15,17,21,26H,6-9,12,16,18-20H2,1-5H3. The molecular formula is C26H41NO9P2. The molecule has 2 rings (SSSR count). The van der Waals surface area contributed by atoms with Gasteiger partial charge in [0.2, 0.25) is 0 Å². The number of pyridine rings is 1. The quantitative estimate of drug-likeness (QED) is 0.123. The molecule has 2 aromatic rings. The summed E-state index contributed by atoms with van der Waals surface area (Å²) in [5, 5.41) is 0. The zero-order valence-electron chi connectivity index (χ0n) is 23.0. The molecule has 0 fully saturated rings. The fraction of sp³-hybridized carbons (Fsp3) is 0.577. The van der Waals surface area contributed by atoms with Gasteiger partial charge in [0, 0.05) is 18.0 Å². The molecule has 0 spiro atoms. The predicted molar refractivity (Wildman–Crippen MR) is 146 cm³/mol. The summed E-state index contributed by atoms with van der Waals surface area (Å²) in [5.74, 6) is -0.868. The van der Waals surface area contributed by atoms with Gasteiger partial charge in [0.05, 0.1) is 33.0 Å². The molecule has 0 amide bonds. The summed E-state index contributed by atoms with van der Waals surface area (Å²) in [6.07, 6.45) is 1.70. The summed E-state index contributed by atoms with van der Waals surface area (Å²) in [7, 11) is -7.99. The molecule has 0 aliphatic carbocycles. The lowest BCUT2D eigenvalue weighted by atomic mass is 10.2. The molecule has 0 saturated carbocycles. The molecule has 1 aromatic heterocycles. The van der Waals surface area contributed by atoms with Crippen molar-refractivity contribution < 1.29 is 41.2 Å². The van der Waals surface area contributed by atoms with Crippen molar-refractivity contribution in [3.63, 3.8) is 0 Å². The fourth-order valence-electron chi connectivity index (χ4n) is 3.54. The van der Waals surface area contributed by atoms with E-state index in [2.05, 4.69) is 4.98 Å². The van der Waals surface area contributed by atoms with Crippen LogP contribution in [0.1, 0.15) is 56.9 Å². The Balaban J connectivity index is 2.04. The van der Waals surface area contributed by atoms with Gasteiger partial charge >= 0.3 is 15.4 Å². The Kier molecular flexibility index (Phi) is 14.7.